The van der Waals surface area contributed by atoms with Crippen LogP contribution in [0, 0.1) is 11.6 Å². The second-order valence-corrected chi connectivity index (χ2v) is 4.03. The van der Waals surface area contributed by atoms with E-state index in [1.165, 1.54) is 30.3 Å². The third-order valence-electron chi connectivity index (χ3n) is 2.45. The van der Waals surface area contributed by atoms with Crippen LogP contribution in [0.4, 0.5) is 8.78 Å². The van der Waals surface area contributed by atoms with Crippen LogP contribution in [0.25, 0.3) is 11.1 Å². The van der Waals surface area contributed by atoms with E-state index >= 15 is 0 Å². The maximum absolute atomic E-state index is 13.6. The fraction of sp³-hybridized carbons (Fsp3) is 0. The van der Waals surface area contributed by atoms with Crippen LogP contribution in [0.3, 0.4) is 0 Å². The number of halogens is 3. The van der Waals surface area contributed by atoms with E-state index in [2.05, 4.69) is 0 Å². The lowest BCUT2D eigenvalue weighted by Gasteiger charge is -2.08. The van der Waals surface area contributed by atoms with Gasteiger partial charge in [0.25, 0.3) is 0 Å². The van der Waals surface area contributed by atoms with Crippen LogP contribution in [0.15, 0.2) is 36.4 Å². The average Bonchev–Trinajstić information content (AvgIpc) is 2.33. The highest BCUT2D eigenvalue weighted by Gasteiger charge is 2.17. The number of carboxylic acid groups (broad SMARTS) is 1. The molecular weight excluding hydrogens is 262 g/mol. The number of benzene rings is 2. The van der Waals surface area contributed by atoms with Gasteiger partial charge in [-0.2, -0.15) is 0 Å². The smallest absolute Gasteiger partial charge is 0.336 e. The van der Waals surface area contributed by atoms with Crippen molar-refractivity contribution in [3.8, 4) is 11.1 Å². The minimum atomic E-state index is -1.25. The van der Waals surface area contributed by atoms with Gasteiger partial charge < -0.3 is 5.11 Å². The maximum Gasteiger partial charge on any atom is 0.336 e. The van der Waals surface area contributed by atoms with E-state index in [-0.39, 0.29) is 21.7 Å². The van der Waals surface area contributed by atoms with Crippen LogP contribution in [-0.4, -0.2) is 11.1 Å². The highest BCUT2D eigenvalue weighted by Crippen LogP contribution is 2.29. The van der Waals surface area contributed by atoms with Gasteiger partial charge in [-0.15, -0.1) is 0 Å². The molecule has 0 bridgehead atoms. The van der Waals surface area contributed by atoms with Gasteiger partial charge in [-0.1, -0.05) is 29.8 Å². The fourth-order valence-corrected chi connectivity index (χ4v) is 1.81. The molecule has 0 aromatic heterocycles. The van der Waals surface area contributed by atoms with Crippen molar-refractivity contribution in [2.75, 3.05) is 0 Å². The minimum absolute atomic E-state index is 0.0869. The Balaban J connectivity index is 2.71. The van der Waals surface area contributed by atoms with Gasteiger partial charge in [-0.05, 0) is 23.8 Å². The molecule has 0 unspecified atom stereocenters. The summed E-state index contributed by atoms with van der Waals surface area (Å²) in [6.07, 6.45) is 0. The molecule has 0 aliphatic heterocycles. The highest BCUT2D eigenvalue weighted by atomic mass is 35.5. The molecule has 0 spiro atoms. The summed E-state index contributed by atoms with van der Waals surface area (Å²) in [5.41, 5.74) is -0.194. The van der Waals surface area contributed by atoms with Gasteiger partial charge >= 0.3 is 5.97 Å². The molecule has 0 fully saturated rings. The Bertz CT molecular complexity index is 626. The molecule has 0 saturated heterocycles. The van der Waals surface area contributed by atoms with Crippen molar-refractivity contribution in [2.45, 2.75) is 0 Å². The first-order valence-corrected chi connectivity index (χ1v) is 5.35. The Hall–Kier alpha value is -1.94. The van der Waals surface area contributed by atoms with Gasteiger partial charge in [0.1, 0.15) is 0 Å². The maximum atomic E-state index is 13.6. The van der Waals surface area contributed by atoms with Crippen molar-refractivity contribution >= 4 is 17.6 Å². The molecule has 0 aliphatic carbocycles. The van der Waals surface area contributed by atoms with Gasteiger partial charge in [-0.3, -0.25) is 0 Å². The summed E-state index contributed by atoms with van der Waals surface area (Å²) in [5, 5.41) is 9.25. The van der Waals surface area contributed by atoms with E-state index in [0.717, 1.165) is 6.07 Å². The van der Waals surface area contributed by atoms with Crippen molar-refractivity contribution in [3.63, 3.8) is 0 Å². The molecule has 1 N–H and O–H groups in total. The summed E-state index contributed by atoms with van der Waals surface area (Å²) in [4.78, 5) is 11.1. The van der Waals surface area contributed by atoms with E-state index in [4.69, 9.17) is 16.7 Å². The van der Waals surface area contributed by atoms with E-state index in [1.807, 2.05) is 0 Å². The van der Waals surface area contributed by atoms with Gasteiger partial charge in [-0.25, -0.2) is 13.6 Å². The minimum Gasteiger partial charge on any atom is -0.478 e. The molecule has 0 heterocycles. The number of carboxylic acids is 1. The standard InChI is InChI=1S/C13H7ClF2O2/c14-7-4-5-8(10(6-7)13(17)18)9-2-1-3-11(15)12(9)16/h1-6H,(H,17,18). The van der Waals surface area contributed by atoms with Crippen molar-refractivity contribution in [1.82, 2.24) is 0 Å². The van der Waals surface area contributed by atoms with Crippen LogP contribution in [0.2, 0.25) is 5.02 Å². The molecule has 2 aromatic rings. The summed E-state index contributed by atoms with van der Waals surface area (Å²) in [5.74, 6) is -3.36. The molecule has 0 aliphatic rings. The molecule has 18 heavy (non-hydrogen) atoms. The van der Waals surface area contributed by atoms with Crippen LogP contribution in [0.1, 0.15) is 10.4 Å². The number of aromatic carboxylic acids is 1. The topological polar surface area (TPSA) is 37.3 Å². The summed E-state index contributed by atoms with van der Waals surface area (Å²) in [6, 6.07) is 7.57. The Morgan fingerprint density at radius 1 is 1.11 bits per heavy atom. The quantitative estimate of drug-likeness (QED) is 0.894. The van der Waals surface area contributed by atoms with Gasteiger partial charge in [0.05, 0.1) is 5.56 Å². The van der Waals surface area contributed by atoms with Crippen LogP contribution in [-0.2, 0) is 0 Å². The van der Waals surface area contributed by atoms with Crippen LogP contribution >= 0.6 is 11.6 Å². The first-order valence-electron chi connectivity index (χ1n) is 4.98. The molecule has 0 saturated carbocycles. The molecule has 0 radical (unpaired) electrons. The molecule has 0 amide bonds. The third-order valence-corrected chi connectivity index (χ3v) is 2.69. The zero-order valence-corrected chi connectivity index (χ0v) is 9.71. The molecule has 92 valence electrons. The fourth-order valence-electron chi connectivity index (χ4n) is 1.64. The normalized spacial score (nSPS) is 10.4. The predicted octanol–water partition coefficient (Wildman–Crippen LogP) is 3.98. The summed E-state index contributed by atoms with van der Waals surface area (Å²) >= 11 is 5.69. The summed E-state index contributed by atoms with van der Waals surface area (Å²) in [6.45, 7) is 0. The van der Waals surface area contributed by atoms with Crippen molar-refractivity contribution < 1.29 is 18.7 Å². The van der Waals surface area contributed by atoms with Crippen LogP contribution in [0.5, 0.6) is 0 Å². The monoisotopic (exact) mass is 268 g/mol. The first kappa shape index (κ1) is 12.5. The zero-order chi connectivity index (χ0) is 13.3. The second kappa shape index (κ2) is 4.74. The SMILES string of the molecule is O=C(O)c1cc(Cl)ccc1-c1cccc(F)c1F. The Morgan fingerprint density at radius 3 is 2.50 bits per heavy atom. The molecule has 2 nitrogen and oxygen atoms in total. The van der Waals surface area contributed by atoms with E-state index in [0.29, 0.717) is 0 Å². The number of hydrogen-bond acceptors (Lipinski definition) is 1. The molecular formula is C13H7ClF2O2. The third kappa shape index (κ3) is 2.19. The predicted molar refractivity (Wildman–Crippen MR) is 63.8 cm³/mol. The highest BCUT2D eigenvalue weighted by molar-refractivity contribution is 6.31. The van der Waals surface area contributed by atoms with Gasteiger partial charge in [0.15, 0.2) is 11.6 Å². The van der Waals surface area contributed by atoms with Crippen molar-refractivity contribution in [2.24, 2.45) is 0 Å². The lowest BCUT2D eigenvalue weighted by molar-refractivity contribution is 0.0697. The Kier molecular flexibility index (Phi) is 3.30. The first-order chi connectivity index (χ1) is 8.50. The number of rotatable bonds is 2. The van der Waals surface area contributed by atoms with Gasteiger partial charge in [0, 0.05) is 10.6 Å². The molecule has 0 atom stereocenters. The molecule has 2 aromatic carbocycles. The van der Waals surface area contributed by atoms with E-state index in [9.17, 15) is 13.6 Å². The van der Waals surface area contributed by atoms with Crippen molar-refractivity contribution in [1.29, 1.82) is 0 Å². The Morgan fingerprint density at radius 2 is 1.83 bits per heavy atom. The molecule has 2 rings (SSSR count). The second-order valence-electron chi connectivity index (χ2n) is 3.60. The summed E-state index contributed by atoms with van der Waals surface area (Å²) < 4.78 is 26.8. The van der Waals surface area contributed by atoms with E-state index in [1.54, 1.807) is 0 Å². The van der Waals surface area contributed by atoms with Gasteiger partial charge in [0.2, 0.25) is 0 Å². The lowest BCUT2D eigenvalue weighted by Crippen LogP contribution is -2.01. The summed E-state index contributed by atoms with van der Waals surface area (Å²) in [7, 11) is 0. The number of carbonyl (C=O) groups is 1. The number of hydrogen-bond donors (Lipinski definition) is 1. The van der Waals surface area contributed by atoms with E-state index < -0.39 is 17.6 Å². The largest absolute Gasteiger partial charge is 0.478 e. The average molecular weight is 269 g/mol. The Labute approximate surface area is 106 Å². The lowest BCUT2D eigenvalue weighted by atomic mass is 9.99. The van der Waals surface area contributed by atoms with Crippen molar-refractivity contribution in [3.05, 3.63) is 58.6 Å². The molecule has 5 heteroatoms. The zero-order valence-electron chi connectivity index (χ0n) is 8.95. The van der Waals surface area contributed by atoms with Crippen LogP contribution < -0.4 is 0 Å².